The highest BCUT2D eigenvalue weighted by Gasteiger charge is 2.55. The molecule has 2 saturated heterocycles. The molecule has 4 fully saturated rings. The molecule has 4 heterocycles. The summed E-state index contributed by atoms with van der Waals surface area (Å²) in [5.74, 6) is 6.13. The Labute approximate surface area is 270 Å². The van der Waals surface area contributed by atoms with Gasteiger partial charge in [-0.15, -0.1) is 6.42 Å². The van der Waals surface area contributed by atoms with Gasteiger partial charge in [0.05, 0.1) is 29.8 Å². The molecule has 0 bridgehead atoms. The second-order valence-corrected chi connectivity index (χ2v) is 14.9. The van der Waals surface area contributed by atoms with Gasteiger partial charge in [-0.05, 0) is 77.8 Å². The van der Waals surface area contributed by atoms with Crippen LogP contribution in [0.2, 0.25) is 0 Å². The molecule has 2 saturated carbocycles. The molecule has 2 aromatic carbocycles. The predicted octanol–water partition coefficient (Wildman–Crippen LogP) is 7.02. The summed E-state index contributed by atoms with van der Waals surface area (Å²) in [6, 6.07) is 9.43. The number of aromatic nitrogens is 4. The smallest absolute Gasteiger partial charge is 0.223 e. The minimum absolute atomic E-state index is 0.0474. The van der Waals surface area contributed by atoms with Crippen molar-refractivity contribution in [3.05, 3.63) is 59.9 Å². The highest BCUT2D eigenvalue weighted by Crippen LogP contribution is 2.55. The van der Waals surface area contributed by atoms with Crippen LogP contribution >= 0.6 is 0 Å². The molecule has 2 aromatic heterocycles. The number of H-pyrrole nitrogens is 2. The van der Waals surface area contributed by atoms with Crippen molar-refractivity contribution in [2.75, 3.05) is 0 Å². The minimum atomic E-state index is -0.0474. The molecule has 46 heavy (non-hydrogen) atoms. The Bertz CT molecular complexity index is 1880. The van der Waals surface area contributed by atoms with Gasteiger partial charge in [-0.25, -0.2) is 9.97 Å². The fourth-order valence-electron chi connectivity index (χ4n) is 8.37. The van der Waals surface area contributed by atoms with E-state index in [1.54, 1.807) is 6.33 Å². The van der Waals surface area contributed by atoms with E-state index < -0.39 is 0 Å². The summed E-state index contributed by atoms with van der Waals surface area (Å²) in [4.78, 5) is 47.2. The standard InChI is InChI=1S/C38H42N6O2/c1-6-26-27-8-7-22(31-13-24-14-32(24)43(31)35(45)9-20(2)3)11-23(27)12-28(29-17-39-19-41-29)37(26)30-18-40-38(42-30)34-16-25-15-33(25)44(34)36(46)10-21(4)5/h1,7-8,11-12,17-21,24-25,31-34H,9-10,13-16H2,2-5H3,(H,39,41)(H,40,42)/t24-,25+,31-,32+,33+,34-/m0/s1. The van der Waals surface area contributed by atoms with Crippen molar-refractivity contribution in [2.24, 2.45) is 23.7 Å². The monoisotopic (exact) mass is 614 g/mol. The van der Waals surface area contributed by atoms with Crippen LogP contribution in [0.1, 0.15) is 95.3 Å². The zero-order chi connectivity index (χ0) is 31.9. The number of nitrogens with one attached hydrogen (secondary N) is 2. The average molecular weight is 615 g/mol. The van der Waals surface area contributed by atoms with Crippen molar-refractivity contribution in [2.45, 2.75) is 90.4 Å². The lowest BCUT2D eigenvalue weighted by Gasteiger charge is -2.29. The molecule has 236 valence electrons. The lowest BCUT2D eigenvalue weighted by Crippen LogP contribution is -2.34. The molecule has 2 aliphatic heterocycles. The highest BCUT2D eigenvalue weighted by atomic mass is 16.2. The molecule has 2 amide bonds. The van der Waals surface area contributed by atoms with E-state index >= 15 is 0 Å². The van der Waals surface area contributed by atoms with E-state index in [1.807, 2.05) is 12.4 Å². The first-order valence-electron chi connectivity index (χ1n) is 17.0. The summed E-state index contributed by atoms with van der Waals surface area (Å²) in [6.45, 7) is 8.41. The van der Waals surface area contributed by atoms with Crippen LogP contribution in [0.5, 0.6) is 0 Å². The summed E-state index contributed by atoms with van der Waals surface area (Å²) < 4.78 is 0. The van der Waals surface area contributed by atoms with Gasteiger partial charge in [0, 0.05) is 54.0 Å². The van der Waals surface area contributed by atoms with Gasteiger partial charge in [0.15, 0.2) is 0 Å². The molecule has 2 aliphatic carbocycles. The number of likely N-dealkylation sites (tertiary alicyclic amines) is 2. The van der Waals surface area contributed by atoms with E-state index in [2.05, 4.69) is 82.6 Å². The van der Waals surface area contributed by atoms with Gasteiger partial charge in [-0.1, -0.05) is 45.7 Å². The predicted molar refractivity (Wildman–Crippen MR) is 178 cm³/mol. The van der Waals surface area contributed by atoms with Crippen LogP contribution < -0.4 is 0 Å². The third-order valence-electron chi connectivity index (χ3n) is 10.6. The summed E-state index contributed by atoms with van der Waals surface area (Å²) in [7, 11) is 0. The molecular formula is C38H42N6O2. The van der Waals surface area contributed by atoms with E-state index in [-0.39, 0.29) is 23.9 Å². The number of terminal acetylenes is 1. The number of imidazole rings is 2. The maximum absolute atomic E-state index is 13.3. The Morgan fingerprint density at radius 2 is 1.59 bits per heavy atom. The van der Waals surface area contributed by atoms with Crippen molar-refractivity contribution < 1.29 is 9.59 Å². The van der Waals surface area contributed by atoms with Crippen molar-refractivity contribution in [1.29, 1.82) is 0 Å². The number of aromatic amines is 2. The molecular weight excluding hydrogens is 572 g/mol. The Morgan fingerprint density at radius 3 is 2.22 bits per heavy atom. The second kappa shape index (κ2) is 10.9. The van der Waals surface area contributed by atoms with E-state index in [9.17, 15) is 9.59 Å². The fourth-order valence-corrected chi connectivity index (χ4v) is 8.37. The van der Waals surface area contributed by atoms with Crippen molar-refractivity contribution >= 4 is 22.6 Å². The number of nitrogens with zero attached hydrogens (tertiary/aromatic N) is 4. The Hall–Kier alpha value is -4.38. The van der Waals surface area contributed by atoms with Crippen LogP contribution in [-0.2, 0) is 9.59 Å². The first kappa shape index (κ1) is 29.1. The summed E-state index contributed by atoms with van der Waals surface area (Å²) in [5.41, 5.74) is 5.23. The fraction of sp³-hybridized carbons (Fsp3) is 0.474. The van der Waals surface area contributed by atoms with Gasteiger partial charge in [0.2, 0.25) is 11.8 Å². The summed E-state index contributed by atoms with van der Waals surface area (Å²) >= 11 is 0. The normalized spacial score (nSPS) is 26.1. The SMILES string of the molecule is C#Cc1c(-c2c[nH]c([C@@H]3C[C@H]4C[C@H]4N3C(=O)CC(C)C)n2)c(-c2c[nH]cn2)cc2cc([C@@H]3C[C@H]4C[C@H]4N3C(=O)CC(C)C)ccc12. The van der Waals surface area contributed by atoms with Crippen molar-refractivity contribution in [1.82, 2.24) is 29.7 Å². The van der Waals surface area contributed by atoms with Gasteiger partial charge in [-0.2, -0.15) is 0 Å². The van der Waals surface area contributed by atoms with Crippen LogP contribution in [0, 0.1) is 36.0 Å². The van der Waals surface area contributed by atoms with E-state index in [4.69, 9.17) is 11.4 Å². The molecule has 6 atom stereocenters. The molecule has 2 N–H and O–H groups in total. The molecule has 8 heteroatoms. The topological polar surface area (TPSA) is 98.0 Å². The first-order valence-corrected chi connectivity index (χ1v) is 17.0. The van der Waals surface area contributed by atoms with E-state index in [0.717, 1.165) is 75.9 Å². The molecule has 0 unspecified atom stereocenters. The molecule has 0 spiro atoms. The molecule has 8 nitrogen and oxygen atoms in total. The Kier molecular flexibility index (Phi) is 6.86. The number of rotatable bonds is 8. The highest BCUT2D eigenvalue weighted by molar-refractivity contribution is 6.01. The van der Waals surface area contributed by atoms with Gasteiger partial charge in [0.1, 0.15) is 5.82 Å². The van der Waals surface area contributed by atoms with Gasteiger partial charge < -0.3 is 19.8 Å². The quantitative estimate of drug-likeness (QED) is 0.209. The molecule has 4 aliphatic rings. The second-order valence-electron chi connectivity index (χ2n) is 14.9. The lowest BCUT2D eigenvalue weighted by atomic mass is 9.89. The van der Waals surface area contributed by atoms with Crippen LogP contribution in [0.3, 0.4) is 0 Å². The van der Waals surface area contributed by atoms with E-state index in [1.165, 1.54) is 0 Å². The van der Waals surface area contributed by atoms with Gasteiger partial charge in [0.25, 0.3) is 0 Å². The first-order chi connectivity index (χ1) is 22.2. The minimum Gasteiger partial charge on any atom is -0.351 e. The molecule has 8 rings (SSSR count). The van der Waals surface area contributed by atoms with E-state index in [0.29, 0.717) is 48.6 Å². The largest absolute Gasteiger partial charge is 0.351 e. The summed E-state index contributed by atoms with van der Waals surface area (Å²) in [5, 5.41) is 2.00. The summed E-state index contributed by atoms with van der Waals surface area (Å²) in [6.07, 6.45) is 17.1. The Morgan fingerprint density at radius 1 is 0.913 bits per heavy atom. The average Bonchev–Trinajstić information content (AvgIpc) is 3.60. The zero-order valence-electron chi connectivity index (χ0n) is 27.1. The number of carbonyl (C=O) groups excluding carboxylic acids is 2. The van der Waals surface area contributed by atoms with Crippen LogP contribution in [0.15, 0.2) is 43.0 Å². The number of piperidine rings is 2. The maximum atomic E-state index is 13.3. The lowest BCUT2D eigenvalue weighted by molar-refractivity contribution is -0.135. The third kappa shape index (κ3) is 4.83. The molecule has 4 aromatic rings. The number of hydrogen-bond acceptors (Lipinski definition) is 4. The molecule has 0 radical (unpaired) electrons. The third-order valence-corrected chi connectivity index (χ3v) is 10.6. The van der Waals surface area contributed by atoms with Gasteiger partial charge >= 0.3 is 0 Å². The van der Waals surface area contributed by atoms with Crippen LogP contribution in [0.4, 0.5) is 0 Å². The number of benzene rings is 2. The van der Waals surface area contributed by atoms with Crippen LogP contribution in [0.25, 0.3) is 33.3 Å². The van der Waals surface area contributed by atoms with Crippen molar-refractivity contribution in [3.63, 3.8) is 0 Å². The number of carbonyl (C=O) groups is 2. The number of fused-ring (bicyclic) bond motifs is 3. The van der Waals surface area contributed by atoms with Crippen LogP contribution in [-0.4, -0.2) is 53.6 Å². The zero-order valence-corrected chi connectivity index (χ0v) is 27.1. The van der Waals surface area contributed by atoms with Crippen molar-refractivity contribution in [3.8, 4) is 34.9 Å². The van der Waals surface area contributed by atoms with Gasteiger partial charge in [-0.3, -0.25) is 9.59 Å². The number of hydrogen-bond donors (Lipinski definition) is 2. The Balaban J connectivity index is 1.19. The maximum Gasteiger partial charge on any atom is 0.223 e. The number of amides is 2.